The van der Waals surface area contributed by atoms with Crippen molar-refractivity contribution in [3.63, 3.8) is 0 Å². The maximum atomic E-state index is 9.90. The molecule has 0 heterocycles. The number of rotatable bonds is 12. The first kappa shape index (κ1) is 22.7. The number of aliphatic carboxylic acids is 1. The van der Waals surface area contributed by atoms with Crippen molar-refractivity contribution < 1.29 is 9.90 Å². The third-order valence-electron chi connectivity index (χ3n) is 3.45. The summed E-state index contributed by atoms with van der Waals surface area (Å²) in [6, 6.07) is 0.403. The van der Waals surface area contributed by atoms with Gasteiger partial charge in [-0.05, 0) is 25.7 Å². The van der Waals surface area contributed by atoms with E-state index < -0.39 is 5.97 Å². The Kier molecular flexibility index (Phi) is 18.9. The van der Waals surface area contributed by atoms with Gasteiger partial charge in [-0.2, -0.15) is 0 Å². The molecule has 0 aromatic heterocycles. The average Bonchev–Trinajstić information content (AvgIpc) is 2.40. The highest BCUT2D eigenvalue weighted by Crippen LogP contribution is 2.09. The normalized spacial score (nSPS) is 11.9. The molecule has 0 bridgehead atoms. The van der Waals surface area contributed by atoms with Gasteiger partial charge in [-0.25, -0.2) is 0 Å². The molecule has 0 aliphatic carbocycles. The van der Waals surface area contributed by atoms with Crippen LogP contribution in [0.5, 0.6) is 0 Å². The number of nitrogens with two attached hydrogens (primary N) is 1. The molecule has 0 amide bonds. The Morgan fingerprint density at radius 1 is 0.905 bits per heavy atom. The van der Waals surface area contributed by atoms with Crippen LogP contribution < -0.4 is 5.73 Å². The van der Waals surface area contributed by atoms with E-state index in [-0.39, 0.29) is 0 Å². The van der Waals surface area contributed by atoms with Crippen molar-refractivity contribution in [2.75, 3.05) is 0 Å². The van der Waals surface area contributed by atoms with E-state index in [4.69, 9.17) is 10.8 Å². The van der Waals surface area contributed by atoms with Crippen molar-refractivity contribution in [1.82, 2.24) is 0 Å². The first-order valence-electron chi connectivity index (χ1n) is 8.87. The van der Waals surface area contributed by atoms with E-state index in [1.165, 1.54) is 57.8 Å². The van der Waals surface area contributed by atoms with E-state index in [0.29, 0.717) is 18.4 Å². The fourth-order valence-electron chi connectivity index (χ4n) is 2.01. The van der Waals surface area contributed by atoms with Crippen molar-refractivity contribution >= 4 is 5.97 Å². The van der Waals surface area contributed by atoms with Gasteiger partial charge < -0.3 is 10.8 Å². The highest BCUT2D eigenvalue weighted by Gasteiger charge is 1.98. The summed E-state index contributed by atoms with van der Waals surface area (Å²) in [6.07, 6.45) is 13.5. The van der Waals surface area contributed by atoms with Crippen molar-refractivity contribution in [3.05, 3.63) is 0 Å². The summed E-state index contributed by atoms with van der Waals surface area (Å²) in [7, 11) is 0. The molecule has 0 aromatic rings. The number of carboxylic acids is 1. The lowest BCUT2D eigenvalue weighted by Gasteiger charge is -2.04. The molecule has 21 heavy (non-hydrogen) atoms. The van der Waals surface area contributed by atoms with Crippen LogP contribution in [0.1, 0.15) is 98.3 Å². The Labute approximate surface area is 132 Å². The van der Waals surface area contributed by atoms with E-state index in [1.807, 2.05) is 13.8 Å². The van der Waals surface area contributed by atoms with Gasteiger partial charge in [0.25, 0.3) is 0 Å². The van der Waals surface area contributed by atoms with Crippen LogP contribution in [-0.2, 0) is 4.79 Å². The topological polar surface area (TPSA) is 63.3 Å². The van der Waals surface area contributed by atoms with Crippen LogP contribution in [0.25, 0.3) is 0 Å². The van der Waals surface area contributed by atoms with Gasteiger partial charge in [-0.3, -0.25) is 4.79 Å². The first-order valence-corrected chi connectivity index (χ1v) is 8.87. The number of carboxylic acid groups (broad SMARTS) is 1. The predicted octanol–water partition coefficient (Wildman–Crippen LogP) is 5.37. The minimum atomic E-state index is -0.696. The number of hydrogen-bond acceptors (Lipinski definition) is 2. The Balaban J connectivity index is 0. The third kappa shape index (κ3) is 28.3. The van der Waals surface area contributed by atoms with Crippen LogP contribution in [0, 0.1) is 5.92 Å². The summed E-state index contributed by atoms with van der Waals surface area (Å²) in [5.74, 6) is -0.190. The second-order valence-corrected chi connectivity index (χ2v) is 6.57. The predicted molar refractivity (Wildman–Crippen MR) is 92.6 cm³/mol. The highest BCUT2D eigenvalue weighted by molar-refractivity contribution is 5.66. The molecule has 0 spiro atoms. The number of unbranched alkanes of at least 4 members (excludes halogenated alkanes) is 7. The molecule has 3 heteroatoms. The van der Waals surface area contributed by atoms with Crippen molar-refractivity contribution in [3.8, 4) is 0 Å². The smallest absolute Gasteiger partial charge is 0.303 e. The van der Waals surface area contributed by atoms with Crippen molar-refractivity contribution in [2.24, 2.45) is 11.7 Å². The second kappa shape index (κ2) is 17.5. The summed E-state index contributed by atoms with van der Waals surface area (Å²) in [5, 5.41) is 8.16. The Bertz CT molecular complexity index is 215. The molecule has 0 saturated carbocycles. The third-order valence-corrected chi connectivity index (χ3v) is 3.45. The summed E-state index contributed by atoms with van der Waals surface area (Å²) in [6.45, 7) is 8.40. The molecule has 3 N–H and O–H groups in total. The minimum Gasteiger partial charge on any atom is -0.481 e. The van der Waals surface area contributed by atoms with E-state index in [0.717, 1.165) is 6.42 Å². The van der Waals surface area contributed by atoms with E-state index >= 15 is 0 Å². The van der Waals surface area contributed by atoms with Crippen LogP contribution in [0.3, 0.4) is 0 Å². The molecule has 3 nitrogen and oxygen atoms in total. The zero-order valence-corrected chi connectivity index (χ0v) is 14.9. The van der Waals surface area contributed by atoms with E-state index in [2.05, 4.69) is 13.8 Å². The maximum Gasteiger partial charge on any atom is 0.303 e. The van der Waals surface area contributed by atoms with E-state index in [9.17, 15) is 4.79 Å². The van der Waals surface area contributed by atoms with Crippen LogP contribution in [-0.4, -0.2) is 17.1 Å². The summed E-state index contributed by atoms with van der Waals surface area (Å²) in [5.41, 5.74) is 5.67. The summed E-state index contributed by atoms with van der Waals surface area (Å²) >= 11 is 0. The minimum absolute atomic E-state index is 0.303. The monoisotopic (exact) mass is 301 g/mol. The van der Waals surface area contributed by atoms with Crippen LogP contribution >= 0.6 is 0 Å². The van der Waals surface area contributed by atoms with Gasteiger partial charge in [0.2, 0.25) is 0 Å². The largest absolute Gasteiger partial charge is 0.481 e. The molecule has 128 valence electrons. The molecule has 0 fully saturated rings. The molecule has 0 rings (SSSR count). The van der Waals surface area contributed by atoms with Crippen LogP contribution in [0.15, 0.2) is 0 Å². The zero-order chi connectivity index (χ0) is 16.5. The molecule has 0 radical (unpaired) electrons. The standard InChI is InChI=1S/C12H27N.C6H12O2/c1-3-4-5-6-7-8-9-10-11-12(2)13;1-5(2)3-4-6(7)8/h12H,3-11,13H2,1-2H3;5H,3-4H2,1-2H3,(H,7,8)/t12-;/m0./s1. The highest BCUT2D eigenvalue weighted by atomic mass is 16.4. The molecular formula is C18H39NO2. The van der Waals surface area contributed by atoms with Crippen molar-refractivity contribution in [2.45, 2.75) is 104 Å². The Morgan fingerprint density at radius 2 is 1.38 bits per heavy atom. The summed E-state index contributed by atoms with van der Waals surface area (Å²) in [4.78, 5) is 9.90. The maximum absolute atomic E-state index is 9.90. The lowest BCUT2D eigenvalue weighted by Crippen LogP contribution is -2.13. The Hall–Kier alpha value is -0.570. The first-order chi connectivity index (χ1) is 9.90. The van der Waals surface area contributed by atoms with Gasteiger partial charge in [-0.15, -0.1) is 0 Å². The quantitative estimate of drug-likeness (QED) is 0.476. The lowest BCUT2D eigenvalue weighted by atomic mass is 10.1. The molecule has 0 aliphatic rings. The molecule has 0 saturated heterocycles. The molecule has 0 aromatic carbocycles. The SMILES string of the molecule is CC(C)CCC(=O)O.CCCCCCCCCC[C@H](C)N. The zero-order valence-electron chi connectivity index (χ0n) is 14.9. The molecular weight excluding hydrogens is 262 g/mol. The van der Waals surface area contributed by atoms with Gasteiger partial charge >= 0.3 is 5.97 Å². The second-order valence-electron chi connectivity index (χ2n) is 6.57. The molecule has 0 unspecified atom stereocenters. The fourth-order valence-corrected chi connectivity index (χ4v) is 2.01. The van der Waals surface area contributed by atoms with Gasteiger partial charge in [0.15, 0.2) is 0 Å². The molecule has 1 atom stereocenters. The van der Waals surface area contributed by atoms with Gasteiger partial charge in [0.05, 0.1) is 0 Å². The van der Waals surface area contributed by atoms with E-state index in [1.54, 1.807) is 0 Å². The fraction of sp³-hybridized carbons (Fsp3) is 0.944. The number of hydrogen-bond donors (Lipinski definition) is 2. The number of carbonyl (C=O) groups is 1. The molecule has 0 aliphatic heterocycles. The summed E-state index contributed by atoms with van der Waals surface area (Å²) < 4.78 is 0. The average molecular weight is 302 g/mol. The van der Waals surface area contributed by atoms with Crippen LogP contribution in [0.2, 0.25) is 0 Å². The van der Waals surface area contributed by atoms with Crippen LogP contribution in [0.4, 0.5) is 0 Å². The van der Waals surface area contributed by atoms with Gasteiger partial charge in [-0.1, -0.05) is 72.1 Å². The van der Waals surface area contributed by atoms with Crippen molar-refractivity contribution in [1.29, 1.82) is 0 Å². The van der Waals surface area contributed by atoms with Gasteiger partial charge in [0, 0.05) is 12.5 Å². The Morgan fingerprint density at radius 3 is 1.71 bits per heavy atom. The lowest BCUT2D eigenvalue weighted by molar-refractivity contribution is -0.137. The van der Waals surface area contributed by atoms with Gasteiger partial charge in [0.1, 0.15) is 0 Å².